The van der Waals surface area contributed by atoms with E-state index >= 15 is 0 Å². The average molecular weight is 258 g/mol. The standard InChI is InChI=1S/C14H14N2O3/c1-19-13-5-3-2-4-10(13)14(18)16-12-7-6-9(17)8-11(12)15/h2-8,17H,15H2,1H3,(H,16,18). The predicted octanol–water partition coefficient (Wildman–Crippen LogP) is 2.24. The van der Waals surface area contributed by atoms with Crippen molar-refractivity contribution < 1.29 is 14.6 Å². The first-order chi connectivity index (χ1) is 9.11. The molecule has 0 unspecified atom stereocenters. The Morgan fingerprint density at radius 3 is 2.68 bits per heavy atom. The van der Waals surface area contributed by atoms with E-state index in [0.29, 0.717) is 22.7 Å². The number of amides is 1. The Morgan fingerprint density at radius 1 is 1.26 bits per heavy atom. The maximum absolute atomic E-state index is 12.1. The van der Waals surface area contributed by atoms with Gasteiger partial charge in [0, 0.05) is 6.07 Å². The van der Waals surface area contributed by atoms with Gasteiger partial charge in [-0.3, -0.25) is 4.79 Å². The molecule has 2 rings (SSSR count). The van der Waals surface area contributed by atoms with Gasteiger partial charge < -0.3 is 20.9 Å². The molecule has 2 aromatic carbocycles. The molecular formula is C14H14N2O3. The van der Waals surface area contributed by atoms with E-state index in [4.69, 9.17) is 10.5 Å². The van der Waals surface area contributed by atoms with Crippen LogP contribution < -0.4 is 15.8 Å². The summed E-state index contributed by atoms with van der Waals surface area (Å²) in [5.74, 6) is 0.208. The highest BCUT2D eigenvalue weighted by atomic mass is 16.5. The van der Waals surface area contributed by atoms with Crippen LogP contribution in [0.3, 0.4) is 0 Å². The summed E-state index contributed by atoms with van der Waals surface area (Å²) in [5.41, 5.74) is 6.86. The third kappa shape index (κ3) is 2.77. The molecule has 0 atom stereocenters. The minimum atomic E-state index is -0.324. The maximum Gasteiger partial charge on any atom is 0.259 e. The number of nitrogens with two attached hydrogens (primary N) is 1. The molecular weight excluding hydrogens is 244 g/mol. The summed E-state index contributed by atoms with van der Waals surface area (Å²) in [7, 11) is 1.50. The number of para-hydroxylation sites is 1. The number of hydrogen-bond acceptors (Lipinski definition) is 4. The highest BCUT2D eigenvalue weighted by Gasteiger charge is 2.12. The van der Waals surface area contributed by atoms with E-state index in [9.17, 15) is 9.90 Å². The fourth-order valence-corrected chi connectivity index (χ4v) is 1.69. The number of phenols is 1. The number of rotatable bonds is 3. The molecule has 1 amide bonds. The van der Waals surface area contributed by atoms with E-state index in [1.165, 1.54) is 25.3 Å². The van der Waals surface area contributed by atoms with Gasteiger partial charge in [-0.2, -0.15) is 0 Å². The van der Waals surface area contributed by atoms with Gasteiger partial charge in [0.05, 0.1) is 24.0 Å². The molecule has 0 radical (unpaired) electrons. The minimum Gasteiger partial charge on any atom is -0.508 e. The summed E-state index contributed by atoms with van der Waals surface area (Å²) in [6, 6.07) is 11.3. The monoisotopic (exact) mass is 258 g/mol. The van der Waals surface area contributed by atoms with Gasteiger partial charge in [-0.05, 0) is 24.3 Å². The topological polar surface area (TPSA) is 84.6 Å². The molecule has 98 valence electrons. The summed E-state index contributed by atoms with van der Waals surface area (Å²) >= 11 is 0. The van der Waals surface area contributed by atoms with Crippen molar-refractivity contribution in [2.45, 2.75) is 0 Å². The number of phenolic OH excluding ortho intramolecular Hbond substituents is 1. The molecule has 19 heavy (non-hydrogen) atoms. The molecule has 0 fully saturated rings. The SMILES string of the molecule is COc1ccccc1C(=O)Nc1ccc(O)cc1N. The second-order valence-corrected chi connectivity index (χ2v) is 3.93. The Morgan fingerprint density at radius 2 is 2.00 bits per heavy atom. The lowest BCUT2D eigenvalue weighted by atomic mass is 10.1. The zero-order valence-electron chi connectivity index (χ0n) is 10.4. The number of nitrogen functional groups attached to an aromatic ring is 1. The quantitative estimate of drug-likeness (QED) is 0.582. The van der Waals surface area contributed by atoms with Crippen LogP contribution >= 0.6 is 0 Å². The van der Waals surface area contributed by atoms with Crippen LogP contribution in [0.1, 0.15) is 10.4 Å². The largest absolute Gasteiger partial charge is 0.508 e. The molecule has 0 aromatic heterocycles. The molecule has 4 N–H and O–H groups in total. The molecule has 2 aromatic rings. The Bertz CT molecular complexity index is 611. The van der Waals surface area contributed by atoms with E-state index in [1.54, 1.807) is 24.3 Å². The van der Waals surface area contributed by atoms with Crippen LogP contribution in [0.2, 0.25) is 0 Å². The van der Waals surface area contributed by atoms with Crippen molar-refractivity contribution >= 4 is 17.3 Å². The number of carbonyl (C=O) groups is 1. The lowest BCUT2D eigenvalue weighted by Crippen LogP contribution is -2.14. The van der Waals surface area contributed by atoms with E-state index in [1.807, 2.05) is 0 Å². The van der Waals surface area contributed by atoms with Gasteiger partial charge in [0.1, 0.15) is 11.5 Å². The third-order valence-corrected chi connectivity index (χ3v) is 2.63. The molecule has 5 heteroatoms. The number of aromatic hydroxyl groups is 1. The Kier molecular flexibility index (Phi) is 3.56. The molecule has 0 aliphatic carbocycles. The number of nitrogens with one attached hydrogen (secondary N) is 1. The number of methoxy groups -OCH3 is 1. The molecule has 0 aliphatic rings. The number of anilines is 2. The van der Waals surface area contributed by atoms with Crippen molar-refractivity contribution in [2.75, 3.05) is 18.2 Å². The van der Waals surface area contributed by atoms with E-state index in [0.717, 1.165) is 0 Å². The lowest BCUT2D eigenvalue weighted by Gasteiger charge is -2.10. The highest BCUT2D eigenvalue weighted by Crippen LogP contribution is 2.25. The van der Waals surface area contributed by atoms with Gasteiger partial charge in [-0.25, -0.2) is 0 Å². The summed E-state index contributed by atoms with van der Waals surface area (Å²) in [4.78, 5) is 12.1. The van der Waals surface area contributed by atoms with E-state index in [2.05, 4.69) is 5.32 Å². The van der Waals surface area contributed by atoms with Crippen LogP contribution in [0.5, 0.6) is 11.5 Å². The van der Waals surface area contributed by atoms with Gasteiger partial charge in [-0.1, -0.05) is 12.1 Å². The maximum atomic E-state index is 12.1. The Hall–Kier alpha value is -2.69. The average Bonchev–Trinajstić information content (AvgIpc) is 2.41. The van der Waals surface area contributed by atoms with Gasteiger partial charge in [0.2, 0.25) is 0 Å². The number of carbonyl (C=O) groups excluding carboxylic acids is 1. The second kappa shape index (κ2) is 5.30. The first-order valence-corrected chi connectivity index (χ1v) is 5.64. The first-order valence-electron chi connectivity index (χ1n) is 5.64. The van der Waals surface area contributed by atoms with Gasteiger partial charge in [0.25, 0.3) is 5.91 Å². The first kappa shape index (κ1) is 12.8. The van der Waals surface area contributed by atoms with Crippen LogP contribution in [0, 0.1) is 0 Å². The summed E-state index contributed by atoms with van der Waals surface area (Å²) in [6.45, 7) is 0. The van der Waals surface area contributed by atoms with Crippen molar-refractivity contribution in [2.24, 2.45) is 0 Å². The molecule has 0 saturated carbocycles. The van der Waals surface area contributed by atoms with Crippen LogP contribution in [0.25, 0.3) is 0 Å². The van der Waals surface area contributed by atoms with Crippen LogP contribution in [0.15, 0.2) is 42.5 Å². The van der Waals surface area contributed by atoms with Crippen molar-refractivity contribution in [1.29, 1.82) is 0 Å². The molecule has 0 bridgehead atoms. The van der Waals surface area contributed by atoms with Gasteiger partial charge >= 0.3 is 0 Å². The fourth-order valence-electron chi connectivity index (χ4n) is 1.69. The highest BCUT2D eigenvalue weighted by molar-refractivity contribution is 6.07. The minimum absolute atomic E-state index is 0.0489. The van der Waals surface area contributed by atoms with Crippen LogP contribution in [-0.2, 0) is 0 Å². The number of ether oxygens (including phenoxy) is 1. The lowest BCUT2D eigenvalue weighted by molar-refractivity contribution is 0.102. The smallest absolute Gasteiger partial charge is 0.259 e. The molecule has 5 nitrogen and oxygen atoms in total. The molecule has 0 aliphatic heterocycles. The third-order valence-electron chi connectivity index (χ3n) is 2.63. The predicted molar refractivity (Wildman–Crippen MR) is 73.5 cm³/mol. The van der Waals surface area contributed by atoms with Crippen molar-refractivity contribution in [3.8, 4) is 11.5 Å². The van der Waals surface area contributed by atoms with Crippen LogP contribution in [0.4, 0.5) is 11.4 Å². The summed E-state index contributed by atoms with van der Waals surface area (Å²) in [5, 5.41) is 11.9. The molecule has 0 spiro atoms. The van der Waals surface area contributed by atoms with Crippen molar-refractivity contribution in [3.05, 3.63) is 48.0 Å². The summed E-state index contributed by atoms with van der Waals surface area (Å²) < 4.78 is 5.12. The Labute approximate surface area is 110 Å². The Balaban J connectivity index is 2.26. The molecule has 0 heterocycles. The zero-order valence-corrected chi connectivity index (χ0v) is 10.4. The van der Waals surface area contributed by atoms with Crippen LogP contribution in [-0.4, -0.2) is 18.1 Å². The van der Waals surface area contributed by atoms with Gasteiger partial charge in [-0.15, -0.1) is 0 Å². The number of hydrogen-bond donors (Lipinski definition) is 3. The molecule has 0 saturated heterocycles. The normalized spacial score (nSPS) is 9.95. The second-order valence-electron chi connectivity index (χ2n) is 3.93. The van der Waals surface area contributed by atoms with Crippen molar-refractivity contribution in [3.63, 3.8) is 0 Å². The van der Waals surface area contributed by atoms with Crippen molar-refractivity contribution in [1.82, 2.24) is 0 Å². The van der Waals surface area contributed by atoms with Gasteiger partial charge in [0.15, 0.2) is 0 Å². The van der Waals surface area contributed by atoms with E-state index < -0.39 is 0 Å². The van der Waals surface area contributed by atoms with E-state index in [-0.39, 0.29) is 11.7 Å². The fraction of sp³-hybridized carbons (Fsp3) is 0.0714. The summed E-state index contributed by atoms with van der Waals surface area (Å²) in [6.07, 6.45) is 0. The zero-order chi connectivity index (χ0) is 13.8. The number of benzene rings is 2.